The second-order valence-electron chi connectivity index (χ2n) is 7.26. The molecule has 0 spiro atoms. The number of anilines is 1. The Balaban J connectivity index is 1.59. The molecule has 1 aliphatic heterocycles. The normalized spacial score (nSPS) is 16.8. The van der Waals surface area contributed by atoms with Gasteiger partial charge in [-0.3, -0.25) is 4.79 Å². The molecule has 1 unspecified atom stereocenters. The highest BCUT2D eigenvalue weighted by molar-refractivity contribution is 5.73. The van der Waals surface area contributed by atoms with Crippen molar-refractivity contribution in [2.75, 3.05) is 18.1 Å². The molecule has 1 aliphatic rings. The summed E-state index contributed by atoms with van der Waals surface area (Å²) in [7, 11) is 0. The Morgan fingerprint density at radius 2 is 1.88 bits per heavy atom. The van der Waals surface area contributed by atoms with Gasteiger partial charge in [0.05, 0.1) is 18.2 Å². The van der Waals surface area contributed by atoms with Crippen molar-refractivity contribution >= 4 is 11.8 Å². The van der Waals surface area contributed by atoms with Crippen LogP contribution in [0.4, 0.5) is 5.82 Å². The molecule has 26 heavy (non-hydrogen) atoms. The van der Waals surface area contributed by atoms with E-state index in [0.29, 0.717) is 13.0 Å². The fourth-order valence-corrected chi connectivity index (χ4v) is 3.73. The Labute approximate surface area is 155 Å². The van der Waals surface area contributed by atoms with E-state index in [0.717, 1.165) is 47.6 Å². The molecule has 0 aliphatic carbocycles. The van der Waals surface area contributed by atoms with E-state index in [9.17, 15) is 4.79 Å². The SMILES string of the molecule is Cc1cc(C)c(CC(=O)OCC2CCCN2c2ccc(C)nn2)c(C)c1. The highest BCUT2D eigenvalue weighted by atomic mass is 16.5. The van der Waals surface area contributed by atoms with E-state index in [2.05, 4.69) is 48.0 Å². The van der Waals surface area contributed by atoms with Gasteiger partial charge in [0.15, 0.2) is 5.82 Å². The largest absolute Gasteiger partial charge is 0.463 e. The number of benzene rings is 1. The number of aromatic nitrogens is 2. The second kappa shape index (κ2) is 7.85. The summed E-state index contributed by atoms with van der Waals surface area (Å²) in [5.74, 6) is 0.696. The molecule has 1 aromatic carbocycles. The van der Waals surface area contributed by atoms with Crippen molar-refractivity contribution in [2.45, 2.75) is 53.0 Å². The Hall–Kier alpha value is -2.43. The van der Waals surface area contributed by atoms with Gasteiger partial charge in [0, 0.05) is 6.54 Å². The van der Waals surface area contributed by atoms with Gasteiger partial charge in [0.2, 0.25) is 0 Å². The average Bonchev–Trinajstić information content (AvgIpc) is 3.05. The van der Waals surface area contributed by atoms with E-state index in [1.54, 1.807) is 0 Å². The lowest BCUT2D eigenvalue weighted by molar-refractivity contribution is -0.143. The van der Waals surface area contributed by atoms with Gasteiger partial charge in [-0.2, -0.15) is 5.10 Å². The zero-order chi connectivity index (χ0) is 18.7. The molecule has 1 aromatic heterocycles. The molecule has 0 bridgehead atoms. The van der Waals surface area contributed by atoms with Crippen LogP contribution in [0, 0.1) is 27.7 Å². The van der Waals surface area contributed by atoms with Crippen LogP contribution in [-0.2, 0) is 16.0 Å². The van der Waals surface area contributed by atoms with E-state index < -0.39 is 0 Å². The molecule has 0 N–H and O–H groups in total. The van der Waals surface area contributed by atoms with Crippen LogP contribution in [-0.4, -0.2) is 35.4 Å². The predicted octanol–water partition coefficient (Wildman–Crippen LogP) is 3.46. The Morgan fingerprint density at radius 3 is 2.54 bits per heavy atom. The highest BCUT2D eigenvalue weighted by Gasteiger charge is 2.27. The minimum Gasteiger partial charge on any atom is -0.463 e. The van der Waals surface area contributed by atoms with Crippen LogP contribution in [0.3, 0.4) is 0 Å². The molecule has 1 saturated heterocycles. The van der Waals surface area contributed by atoms with Crippen LogP contribution in [0.15, 0.2) is 24.3 Å². The smallest absolute Gasteiger partial charge is 0.310 e. The number of aryl methyl sites for hydroxylation is 4. The zero-order valence-corrected chi connectivity index (χ0v) is 16.1. The lowest BCUT2D eigenvalue weighted by atomic mass is 9.97. The Bertz CT molecular complexity index is 763. The zero-order valence-electron chi connectivity index (χ0n) is 16.1. The molecule has 1 atom stereocenters. The molecule has 0 radical (unpaired) electrons. The van der Waals surface area contributed by atoms with Crippen molar-refractivity contribution < 1.29 is 9.53 Å². The monoisotopic (exact) mass is 353 g/mol. The van der Waals surface area contributed by atoms with Gasteiger partial charge < -0.3 is 9.64 Å². The fraction of sp³-hybridized carbons (Fsp3) is 0.476. The molecular weight excluding hydrogens is 326 g/mol. The van der Waals surface area contributed by atoms with Gasteiger partial charge in [0.25, 0.3) is 0 Å². The third-order valence-corrected chi connectivity index (χ3v) is 5.05. The molecule has 3 rings (SSSR count). The summed E-state index contributed by atoms with van der Waals surface area (Å²) in [4.78, 5) is 14.6. The predicted molar refractivity (Wildman–Crippen MR) is 102 cm³/mol. The molecule has 2 heterocycles. The summed E-state index contributed by atoms with van der Waals surface area (Å²) in [5, 5.41) is 8.41. The van der Waals surface area contributed by atoms with Crippen molar-refractivity contribution in [3.63, 3.8) is 0 Å². The molecule has 138 valence electrons. The van der Waals surface area contributed by atoms with E-state index in [-0.39, 0.29) is 12.0 Å². The first-order chi connectivity index (χ1) is 12.4. The molecule has 2 aromatic rings. The third kappa shape index (κ3) is 4.21. The van der Waals surface area contributed by atoms with Crippen molar-refractivity contribution in [2.24, 2.45) is 0 Å². The van der Waals surface area contributed by atoms with Gasteiger partial charge in [-0.25, -0.2) is 0 Å². The van der Waals surface area contributed by atoms with Gasteiger partial charge in [-0.05, 0) is 69.4 Å². The summed E-state index contributed by atoms with van der Waals surface area (Å²) in [6.45, 7) is 9.43. The van der Waals surface area contributed by atoms with Crippen LogP contribution < -0.4 is 4.90 Å². The average molecular weight is 353 g/mol. The Morgan fingerprint density at radius 1 is 1.15 bits per heavy atom. The number of hydrogen-bond acceptors (Lipinski definition) is 5. The van der Waals surface area contributed by atoms with Crippen molar-refractivity contribution in [1.29, 1.82) is 0 Å². The van der Waals surface area contributed by atoms with E-state index in [1.807, 2.05) is 19.1 Å². The maximum absolute atomic E-state index is 12.4. The maximum Gasteiger partial charge on any atom is 0.310 e. The lowest BCUT2D eigenvalue weighted by Crippen LogP contribution is -2.35. The summed E-state index contributed by atoms with van der Waals surface area (Å²) >= 11 is 0. The number of nitrogens with zero attached hydrogens (tertiary/aromatic N) is 3. The number of rotatable bonds is 5. The number of carbonyl (C=O) groups excluding carboxylic acids is 1. The van der Waals surface area contributed by atoms with Gasteiger partial charge in [0.1, 0.15) is 6.61 Å². The van der Waals surface area contributed by atoms with Crippen LogP contribution in [0.5, 0.6) is 0 Å². The number of esters is 1. The molecule has 5 heteroatoms. The first-order valence-corrected chi connectivity index (χ1v) is 9.23. The van der Waals surface area contributed by atoms with Crippen molar-refractivity contribution in [3.8, 4) is 0 Å². The highest BCUT2D eigenvalue weighted by Crippen LogP contribution is 2.24. The summed E-state index contributed by atoms with van der Waals surface area (Å²) < 4.78 is 5.62. The number of carbonyl (C=O) groups is 1. The minimum absolute atomic E-state index is 0.165. The minimum atomic E-state index is -0.165. The topological polar surface area (TPSA) is 55.3 Å². The molecule has 0 amide bonds. The fourth-order valence-electron chi connectivity index (χ4n) is 3.73. The number of ether oxygens (including phenoxy) is 1. The van der Waals surface area contributed by atoms with E-state index in [4.69, 9.17) is 4.74 Å². The van der Waals surface area contributed by atoms with Crippen LogP contribution in [0.25, 0.3) is 0 Å². The first-order valence-electron chi connectivity index (χ1n) is 9.23. The maximum atomic E-state index is 12.4. The standard InChI is InChI=1S/C21H27N3O2/c1-14-10-15(2)19(16(3)11-14)12-21(25)26-13-18-6-5-9-24(18)20-8-7-17(4)22-23-20/h7-8,10-11,18H,5-6,9,12-13H2,1-4H3. The van der Waals surface area contributed by atoms with Gasteiger partial charge in [-0.1, -0.05) is 17.7 Å². The van der Waals surface area contributed by atoms with Crippen molar-refractivity contribution in [1.82, 2.24) is 10.2 Å². The van der Waals surface area contributed by atoms with Crippen LogP contribution in [0.2, 0.25) is 0 Å². The summed E-state index contributed by atoms with van der Waals surface area (Å²) in [6.07, 6.45) is 2.41. The molecule has 1 fully saturated rings. The van der Waals surface area contributed by atoms with Crippen molar-refractivity contribution in [3.05, 3.63) is 52.2 Å². The van der Waals surface area contributed by atoms with E-state index >= 15 is 0 Å². The second-order valence-corrected chi connectivity index (χ2v) is 7.26. The summed E-state index contributed by atoms with van der Waals surface area (Å²) in [5.41, 5.74) is 5.50. The van der Waals surface area contributed by atoms with Crippen LogP contribution in [0.1, 0.15) is 40.8 Å². The molecule has 0 saturated carbocycles. The van der Waals surface area contributed by atoms with E-state index in [1.165, 1.54) is 5.56 Å². The van der Waals surface area contributed by atoms with Gasteiger partial charge in [-0.15, -0.1) is 5.10 Å². The third-order valence-electron chi connectivity index (χ3n) is 5.05. The quantitative estimate of drug-likeness (QED) is 0.771. The van der Waals surface area contributed by atoms with Gasteiger partial charge >= 0.3 is 5.97 Å². The molecular formula is C21H27N3O2. The number of hydrogen-bond donors (Lipinski definition) is 0. The summed E-state index contributed by atoms with van der Waals surface area (Å²) in [6, 6.07) is 8.36. The lowest BCUT2D eigenvalue weighted by Gasteiger charge is -2.25. The van der Waals surface area contributed by atoms with Crippen LogP contribution >= 0.6 is 0 Å². The first kappa shape index (κ1) is 18.4. The molecule has 5 nitrogen and oxygen atoms in total. The Kier molecular flexibility index (Phi) is 5.55.